The van der Waals surface area contributed by atoms with E-state index in [-0.39, 0.29) is 31.0 Å². The lowest BCUT2D eigenvalue weighted by Crippen LogP contribution is -2.64. The number of carbonyl (C=O) groups excluding carboxylic acids is 1. The summed E-state index contributed by atoms with van der Waals surface area (Å²) in [5.41, 5.74) is 11.7. The van der Waals surface area contributed by atoms with Crippen LogP contribution in [0.1, 0.15) is 103 Å². The lowest BCUT2D eigenvalue weighted by atomic mass is 9.81. The summed E-state index contributed by atoms with van der Waals surface area (Å²) in [6.07, 6.45) is 11.8. The van der Waals surface area contributed by atoms with E-state index in [2.05, 4.69) is 13.8 Å². The Balaban J connectivity index is 1.49. The van der Waals surface area contributed by atoms with Gasteiger partial charge in [0, 0.05) is 25.0 Å². The van der Waals surface area contributed by atoms with E-state index in [9.17, 15) is 4.79 Å². The smallest absolute Gasteiger partial charge is 0.328 e. The zero-order valence-corrected chi connectivity index (χ0v) is 24.8. The molecule has 0 aromatic heterocycles. The van der Waals surface area contributed by atoms with E-state index >= 15 is 8.42 Å². The Bertz CT molecular complexity index is 1100. The van der Waals surface area contributed by atoms with Gasteiger partial charge in [0.1, 0.15) is 16.4 Å². The molecule has 4 atom stereocenters. The molecule has 218 valence electrons. The van der Waals surface area contributed by atoms with Crippen molar-refractivity contribution in [2.24, 2.45) is 22.8 Å². The average molecular weight is 560 g/mol. The van der Waals surface area contributed by atoms with Crippen LogP contribution in [0, 0.1) is 11.3 Å². The second-order valence-corrected chi connectivity index (χ2v) is 15.5. The summed E-state index contributed by atoms with van der Waals surface area (Å²) in [6, 6.07) is 9.66. The number of sulfonamides is 1. The van der Waals surface area contributed by atoms with Crippen molar-refractivity contribution in [2.45, 2.75) is 132 Å². The molecular formula is C31H49N3O4S. The van der Waals surface area contributed by atoms with Crippen molar-refractivity contribution in [3.8, 4) is 0 Å². The molecule has 7 nitrogen and oxygen atoms in total. The molecular weight excluding hydrogens is 510 g/mol. The lowest BCUT2D eigenvalue weighted by Gasteiger charge is -2.49. The maximum absolute atomic E-state index is 15.2. The van der Waals surface area contributed by atoms with Crippen LogP contribution in [0.15, 0.2) is 30.3 Å². The third-order valence-electron chi connectivity index (χ3n) is 11.0. The molecule has 1 aromatic rings. The van der Waals surface area contributed by atoms with Crippen LogP contribution in [-0.4, -0.2) is 53.7 Å². The number of benzene rings is 1. The maximum Gasteiger partial charge on any atom is 0.328 e. The predicted molar refractivity (Wildman–Crippen MR) is 154 cm³/mol. The van der Waals surface area contributed by atoms with Gasteiger partial charge in [-0.2, -0.15) is 4.31 Å². The molecule has 4 fully saturated rings. The number of fused-ring (bicyclic) bond motifs is 2. The maximum atomic E-state index is 15.2. The normalized spacial score (nSPS) is 31.3. The number of ether oxygens (including phenoxy) is 1. The molecule has 0 aliphatic heterocycles. The minimum atomic E-state index is -3.80. The summed E-state index contributed by atoms with van der Waals surface area (Å²) in [7, 11) is -3.80. The van der Waals surface area contributed by atoms with Crippen LogP contribution in [0.5, 0.6) is 0 Å². The van der Waals surface area contributed by atoms with Gasteiger partial charge in [-0.1, -0.05) is 82.7 Å². The third-order valence-corrected chi connectivity index (χ3v) is 14.0. The van der Waals surface area contributed by atoms with Crippen molar-refractivity contribution in [1.29, 1.82) is 0 Å². The molecule has 0 radical (unpaired) electrons. The van der Waals surface area contributed by atoms with E-state index in [1.807, 2.05) is 34.6 Å². The third kappa shape index (κ3) is 4.87. The summed E-state index contributed by atoms with van der Waals surface area (Å²) in [5.74, 6) is -0.400. The van der Waals surface area contributed by atoms with E-state index in [1.54, 1.807) is 0 Å². The fourth-order valence-electron chi connectivity index (χ4n) is 8.61. The predicted octanol–water partition coefficient (Wildman–Crippen LogP) is 4.67. The first-order chi connectivity index (χ1) is 18.6. The molecule has 5 rings (SSSR count). The molecule has 39 heavy (non-hydrogen) atoms. The Hall–Kier alpha value is -1.48. The molecule has 4 N–H and O–H groups in total. The summed E-state index contributed by atoms with van der Waals surface area (Å²) >= 11 is 0. The monoisotopic (exact) mass is 559 g/mol. The average Bonchev–Trinajstić information content (AvgIpc) is 3.33. The summed E-state index contributed by atoms with van der Waals surface area (Å²) < 4.78 is 37.5. The van der Waals surface area contributed by atoms with Crippen molar-refractivity contribution in [3.05, 3.63) is 35.9 Å². The van der Waals surface area contributed by atoms with Crippen LogP contribution in [0.25, 0.3) is 0 Å². The summed E-state index contributed by atoms with van der Waals surface area (Å²) in [6.45, 7) is 4.12. The topological polar surface area (TPSA) is 116 Å². The summed E-state index contributed by atoms with van der Waals surface area (Å²) in [4.78, 5) is 13.8. The molecule has 0 spiro atoms. The van der Waals surface area contributed by atoms with Crippen LogP contribution in [0.3, 0.4) is 0 Å². The van der Waals surface area contributed by atoms with Crippen molar-refractivity contribution >= 4 is 16.0 Å². The Labute approximate surface area is 235 Å². The number of nitrogens with zero attached hydrogens (tertiary/aromatic N) is 1. The highest BCUT2D eigenvalue weighted by Gasteiger charge is 2.74. The van der Waals surface area contributed by atoms with Crippen LogP contribution < -0.4 is 11.5 Å². The standard InChI is InChI=1S/C31H49N3O4S/c1-29(2)24-18-19-31(29,27(20-24)38-28(35)30(33,22-32)21-23-12-6-3-7-13-23)39(36,37)34(25-14-8-4-9-15-25)26-16-10-5-11-17-26/h3,6-7,12-13,24-27H,4-5,8-11,14-22,32-33H2,1-2H3/t24-,27-,30-,31-/m1/s1. The van der Waals surface area contributed by atoms with E-state index in [1.165, 1.54) is 12.8 Å². The van der Waals surface area contributed by atoms with Crippen molar-refractivity contribution in [3.63, 3.8) is 0 Å². The second kappa shape index (κ2) is 11.1. The Morgan fingerprint density at radius 1 is 0.974 bits per heavy atom. The molecule has 2 bridgehead atoms. The molecule has 0 saturated heterocycles. The number of rotatable bonds is 9. The molecule has 4 aliphatic rings. The van der Waals surface area contributed by atoms with Gasteiger partial charge in [-0.05, 0) is 61.8 Å². The molecule has 0 heterocycles. The highest BCUT2D eigenvalue weighted by molar-refractivity contribution is 7.90. The first-order valence-corrected chi connectivity index (χ1v) is 16.8. The quantitative estimate of drug-likeness (QED) is 0.425. The van der Waals surface area contributed by atoms with Gasteiger partial charge in [0.25, 0.3) is 0 Å². The minimum Gasteiger partial charge on any atom is -0.459 e. The SMILES string of the molecule is CC1(C)[C@@H]2CC[C@@]1(S(=O)(=O)N(C1CCCCC1)C1CCCCC1)[C@H](OC(=O)[C@](N)(CN)Cc1ccccc1)C2. The Kier molecular flexibility index (Phi) is 8.24. The molecule has 0 amide bonds. The molecule has 4 aliphatic carbocycles. The number of esters is 1. The van der Waals surface area contributed by atoms with Gasteiger partial charge in [-0.15, -0.1) is 0 Å². The van der Waals surface area contributed by atoms with Crippen molar-refractivity contribution in [2.75, 3.05) is 6.54 Å². The van der Waals surface area contributed by atoms with E-state index < -0.39 is 37.8 Å². The number of nitrogens with two attached hydrogens (primary N) is 2. The van der Waals surface area contributed by atoms with Crippen LogP contribution >= 0.6 is 0 Å². The van der Waals surface area contributed by atoms with Crippen LogP contribution in [0.4, 0.5) is 0 Å². The Morgan fingerprint density at radius 3 is 2.05 bits per heavy atom. The van der Waals surface area contributed by atoms with Crippen molar-refractivity contribution in [1.82, 2.24) is 4.31 Å². The Morgan fingerprint density at radius 2 is 1.54 bits per heavy atom. The van der Waals surface area contributed by atoms with Crippen LogP contribution in [0.2, 0.25) is 0 Å². The van der Waals surface area contributed by atoms with E-state index in [0.29, 0.717) is 12.8 Å². The fraction of sp³-hybridized carbons (Fsp3) is 0.774. The van der Waals surface area contributed by atoms with Gasteiger partial charge >= 0.3 is 5.97 Å². The van der Waals surface area contributed by atoms with Gasteiger partial charge in [0.05, 0.1) is 0 Å². The fourth-order valence-corrected chi connectivity index (χ4v) is 11.9. The lowest BCUT2D eigenvalue weighted by molar-refractivity contribution is -0.157. The minimum absolute atomic E-state index is 0.0451. The number of carbonyl (C=O) groups is 1. The first kappa shape index (κ1) is 29.0. The zero-order chi connectivity index (χ0) is 27.9. The number of hydrogen-bond acceptors (Lipinski definition) is 6. The van der Waals surface area contributed by atoms with Gasteiger partial charge in [0.2, 0.25) is 10.0 Å². The van der Waals surface area contributed by atoms with Gasteiger partial charge in [0.15, 0.2) is 0 Å². The second-order valence-electron chi connectivity index (χ2n) is 13.4. The molecule has 4 saturated carbocycles. The van der Waals surface area contributed by atoms with E-state index in [0.717, 1.165) is 63.4 Å². The van der Waals surface area contributed by atoms with Crippen LogP contribution in [-0.2, 0) is 26.0 Å². The van der Waals surface area contributed by atoms with Gasteiger partial charge in [-0.25, -0.2) is 13.2 Å². The highest BCUT2D eigenvalue weighted by Crippen LogP contribution is 2.65. The van der Waals surface area contributed by atoms with Crippen molar-refractivity contribution < 1.29 is 17.9 Å². The zero-order valence-electron chi connectivity index (χ0n) is 23.9. The molecule has 8 heteroatoms. The summed E-state index contributed by atoms with van der Waals surface area (Å²) in [5, 5.41) is 0. The number of hydrogen-bond donors (Lipinski definition) is 2. The molecule has 0 unspecified atom stereocenters. The van der Waals surface area contributed by atoms with E-state index in [4.69, 9.17) is 16.2 Å². The van der Waals surface area contributed by atoms with Gasteiger partial charge < -0.3 is 16.2 Å². The molecule has 1 aromatic carbocycles. The first-order valence-electron chi connectivity index (χ1n) is 15.3. The van der Waals surface area contributed by atoms with Gasteiger partial charge in [-0.3, -0.25) is 0 Å². The largest absolute Gasteiger partial charge is 0.459 e. The highest BCUT2D eigenvalue weighted by atomic mass is 32.2.